The number of benzene rings is 5. The van der Waals surface area contributed by atoms with Crippen molar-refractivity contribution < 1.29 is 38.2 Å². The fourth-order valence-electron chi connectivity index (χ4n) is 6.44. The second-order valence-electron chi connectivity index (χ2n) is 15.3. The maximum atomic E-state index is 13.6. The molecule has 0 aromatic heterocycles. The van der Waals surface area contributed by atoms with Gasteiger partial charge in [-0.25, -0.2) is 0 Å². The van der Waals surface area contributed by atoms with Crippen molar-refractivity contribution >= 4 is 127 Å². The molecule has 5 rings (SSSR count). The quantitative estimate of drug-likeness (QED) is 0.0353. The maximum Gasteiger partial charge on any atom is 0.258 e. The first kappa shape index (κ1) is 53.5. The molecule has 0 aliphatic rings. The summed E-state index contributed by atoms with van der Waals surface area (Å²) < 4.78 is 10.8. The van der Waals surface area contributed by atoms with Crippen LogP contribution in [-0.4, -0.2) is 61.5 Å². The Balaban J connectivity index is 1.29. The Bertz CT molecular complexity index is 2860. The molecular formula is C48H45Cl5N8O8. The predicted molar refractivity (Wildman–Crippen MR) is 269 cm³/mol. The molecule has 0 saturated carbocycles. The minimum absolute atomic E-state index is 0.0711. The number of Topliss-reactive ketones (excluding diaryl/α,β-unsaturated/α-hetero) is 2. The number of amides is 4. The molecule has 5 aromatic carbocycles. The molecule has 0 fully saturated rings. The van der Waals surface area contributed by atoms with Crippen molar-refractivity contribution in [3.05, 3.63) is 129 Å². The number of nitrogens with zero attached hydrogens (tertiary/aromatic N) is 4. The van der Waals surface area contributed by atoms with E-state index in [2.05, 4.69) is 41.7 Å². The molecule has 5 atom stereocenters. The van der Waals surface area contributed by atoms with Gasteiger partial charge in [0.05, 0.1) is 53.1 Å². The normalized spacial score (nSPS) is 13.4. The van der Waals surface area contributed by atoms with Crippen molar-refractivity contribution in [2.75, 3.05) is 35.5 Å². The number of carbonyl (C=O) groups excluding carboxylic acids is 6. The fraction of sp³-hybridized carbons (Fsp3) is 0.250. The summed E-state index contributed by atoms with van der Waals surface area (Å²) in [5.74, 6) is -3.37. The molecule has 0 bridgehead atoms. The number of halogens is 5. The van der Waals surface area contributed by atoms with E-state index in [-0.39, 0.29) is 54.7 Å². The van der Waals surface area contributed by atoms with Crippen molar-refractivity contribution in [2.24, 2.45) is 20.5 Å². The number of hydrogen-bond donors (Lipinski definition) is 4. The number of anilines is 4. The minimum Gasteiger partial charge on any atom is -0.495 e. The van der Waals surface area contributed by atoms with Gasteiger partial charge in [-0.05, 0) is 130 Å². The lowest BCUT2D eigenvalue weighted by molar-refractivity contribution is -0.127. The second-order valence-corrected chi connectivity index (χ2v) is 18.1. The third-order valence-corrected chi connectivity index (χ3v) is 11.2. The summed E-state index contributed by atoms with van der Waals surface area (Å²) in [6, 6.07) is 19.6. The van der Waals surface area contributed by atoms with Crippen LogP contribution in [0, 0.1) is 0 Å². The lowest BCUT2D eigenvalue weighted by Gasteiger charge is -2.17. The van der Waals surface area contributed by atoms with Crippen LogP contribution in [-0.2, 0) is 19.2 Å². The van der Waals surface area contributed by atoms with Crippen LogP contribution in [0.1, 0.15) is 88.2 Å². The SMILES string of the molecule is COc1ccc(C(C)Cl)cc1NC(=O)c1cc(Cl)cc(N=NC(C(C)=O)C(=O)Nc2ccc(NC(=O)C(N=Nc3cc(Cl)cc(C(=O)Nc4cc(C(C)Cl)ccc4OC)c3)C(C)=O)c(C(C)Cl)c2)c1. The molecule has 16 nitrogen and oxygen atoms in total. The van der Waals surface area contributed by atoms with Gasteiger partial charge in [0.25, 0.3) is 23.6 Å². The molecule has 4 amide bonds. The summed E-state index contributed by atoms with van der Waals surface area (Å²) >= 11 is 31.7. The summed E-state index contributed by atoms with van der Waals surface area (Å²) in [4.78, 5) is 79.1. The number of hydrogen-bond acceptors (Lipinski definition) is 12. The largest absolute Gasteiger partial charge is 0.495 e. The van der Waals surface area contributed by atoms with E-state index in [1.54, 1.807) is 57.2 Å². The van der Waals surface area contributed by atoms with Gasteiger partial charge in [0.1, 0.15) is 11.5 Å². The molecule has 0 saturated heterocycles. The fourth-order valence-corrected chi connectivity index (χ4v) is 7.35. The molecule has 0 aliphatic carbocycles. The highest BCUT2D eigenvalue weighted by Crippen LogP contribution is 2.34. The topological polar surface area (TPSA) is 218 Å². The van der Waals surface area contributed by atoms with Crippen molar-refractivity contribution in [1.82, 2.24) is 0 Å². The highest BCUT2D eigenvalue weighted by molar-refractivity contribution is 6.32. The van der Waals surface area contributed by atoms with Crippen molar-refractivity contribution in [3.63, 3.8) is 0 Å². The molecule has 21 heteroatoms. The molecule has 69 heavy (non-hydrogen) atoms. The third-order valence-electron chi connectivity index (χ3n) is 10.0. The highest BCUT2D eigenvalue weighted by Gasteiger charge is 2.27. The van der Waals surface area contributed by atoms with E-state index >= 15 is 0 Å². The van der Waals surface area contributed by atoms with E-state index in [4.69, 9.17) is 67.5 Å². The first-order chi connectivity index (χ1) is 32.7. The van der Waals surface area contributed by atoms with Gasteiger partial charge in [0, 0.05) is 32.5 Å². The molecule has 0 radical (unpaired) electrons. The van der Waals surface area contributed by atoms with Gasteiger partial charge in [-0.1, -0.05) is 35.3 Å². The Morgan fingerprint density at radius 2 is 0.942 bits per heavy atom. The molecule has 5 aromatic rings. The van der Waals surface area contributed by atoms with Gasteiger partial charge in [-0.2, -0.15) is 20.5 Å². The van der Waals surface area contributed by atoms with Crippen LogP contribution in [0.2, 0.25) is 10.0 Å². The number of azo groups is 2. The number of ether oxygens (including phenoxy) is 2. The Kier molecular flexibility index (Phi) is 18.8. The average molecular weight is 1040 g/mol. The Morgan fingerprint density at radius 3 is 1.33 bits per heavy atom. The van der Waals surface area contributed by atoms with E-state index in [1.807, 2.05) is 0 Å². The average Bonchev–Trinajstić information content (AvgIpc) is 3.28. The highest BCUT2D eigenvalue weighted by atomic mass is 35.5. The minimum atomic E-state index is -1.64. The number of carbonyl (C=O) groups is 6. The number of methoxy groups -OCH3 is 2. The van der Waals surface area contributed by atoms with Gasteiger partial charge >= 0.3 is 0 Å². The Labute approximate surface area is 422 Å². The van der Waals surface area contributed by atoms with Gasteiger partial charge in [0.15, 0.2) is 11.6 Å². The molecule has 0 spiro atoms. The van der Waals surface area contributed by atoms with Gasteiger partial charge < -0.3 is 30.7 Å². The zero-order valence-corrected chi connectivity index (χ0v) is 41.8. The standard InChI is InChI=1S/C48H45Cl5N8O8/c1-23(49)28-8-12-41(68-6)39(18-28)56-45(64)30-14-32(52)20-35(16-30)58-60-43(26(4)62)47(66)54-34-10-11-38(37(22-34)25(3)51)55-48(67)44(27(5)63)61-59-36-17-31(15-33(53)21-36)46(65)57-40-19-29(24(2)50)9-13-42(40)69-7/h8-25,43-44H,1-7H3,(H,54,66)(H,55,67)(H,56,64)(H,57,65). The van der Waals surface area contributed by atoms with Crippen molar-refractivity contribution in [2.45, 2.75) is 62.8 Å². The van der Waals surface area contributed by atoms with Crippen LogP contribution >= 0.6 is 58.0 Å². The van der Waals surface area contributed by atoms with Gasteiger partial charge in [-0.3, -0.25) is 28.8 Å². The monoisotopic (exact) mass is 1040 g/mol. The van der Waals surface area contributed by atoms with Crippen LogP contribution in [0.5, 0.6) is 11.5 Å². The lowest BCUT2D eigenvalue weighted by Crippen LogP contribution is -2.32. The first-order valence-electron chi connectivity index (χ1n) is 20.8. The second kappa shape index (κ2) is 24.2. The summed E-state index contributed by atoms with van der Waals surface area (Å²) in [6.45, 7) is 7.49. The van der Waals surface area contributed by atoms with Gasteiger partial charge in [-0.15, -0.1) is 34.8 Å². The Hall–Kier alpha value is -6.43. The van der Waals surface area contributed by atoms with E-state index in [0.29, 0.717) is 28.4 Å². The van der Waals surface area contributed by atoms with Crippen molar-refractivity contribution in [3.8, 4) is 11.5 Å². The predicted octanol–water partition coefficient (Wildman–Crippen LogP) is 12.8. The summed E-state index contributed by atoms with van der Waals surface area (Å²) in [5, 5.41) is 25.7. The molecule has 5 unspecified atom stereocenters. The lowest BCUT2D eigenvalue weighted by atomic mass is 10.1. The Morgan fingerprint density at radius 1 is 0.507 bits per heavy atom. The number of rotatable bonds is 19. The summed E-state index contributed by atoms with van der Waals surface area (Å²) in [5.41, 5.74) is 3.23. The van der Waals surface area contributed by atoms with Crippen molar-refractivity contribution in [1.29, 1.82) is 0 Å². The van der Waals surface area contributed by atoms with Crippen LogP contribution in [0.3, 0.4) is 0 Å². The van der Waals surface area contributed by atoms with Crippen LogP contribution < -0.4 is 30.7 Å². The molecule has 0 aliphatic heterocycles. The van der Waals surface area contributed by atoms with Crippen LogP contribution in [0.25, 0.3) is 0 Å². The van der Waals surface area contributed by atoms with E-state index in [0.717, 1.165) is 25.0 Å². The van der Waals surface area contributed by atoms with Crippen LogP contribution in [0.15, 0.2) is 111 Å². The summed E-state index contributed by atoms with van der Waals surface area (Å²) in [7, 11) is 2.92. The number of nitrogens with one attached hydrogen (secondary N) is 4. The van der Waals surface area contributed by atoms with Crippen LogP contribution in [0.4, 0.5) is 34.1 Å². The van der Waals surface area contributed by atoms with E-state index in [1.165, 1.54) is 68.8 Å². The first-order valence-corrected chi connectivity index (χ1v) is 22.8. The smallest absolute Gasteiger partial charge is 0.258 e. The zero-order chi connectivity index (χ0) is 50.7. The molecule has 360 valence electrons. The summed E-state index contributed by atoms with van der Waals surface area (Å²) in [6.07, 6.45) is 0. The van der Waals surface area contributed by atoms with Gasteiger partial charge in [0.2, 0.25) is 12.1 Å². The maximum absolute atomic E-state index is 13.6. The van der Waals surface area contributed by atoms with E-state index in [9.17, 15) is 28.8 Å². The third kappa shape index (κ3) is 14.5. The number of alkyl halides is 3. The molecule has 0 heterocycles. The zero-order valence-electron chi connectivity index (χ0n) is 38.0. The molecular weight excluding hydrogens is 994 g/mol. The van der Waals surface area contributed by atoms with E-state index < -0.39 is 52.7 Å². The molecule has 4 N–H and O–H groups in total. The number of ketones is 2.